The van der Waals surface area contributed by atoms with Gasteiger partial charge in [-0.1, -0.05) is 71.7 Å². The molecule has 1 amide bonds. The zero-order valence-corrected chi connectivity index (χ0v) is 21.2. The number of amides is 1. The molecular formula is C30H22Cl2N2O3. The van der Waals surface area contributed by atoms with E-state index in [1.807, 2.05) is 48.5 Å². The summed E-state index contributed by atoms with van der Waals surface area (Å²) >= 11 is 12.3. The smallest absolute Gasteiger partial charge is 0.266 e. The molecule has 0 spiro atoms. The summed E-state index contributed by atoms with van der Waals surface area (Å²) in [6.07, 6.45) is 1.47. The van der Waals surface area contributed by atoms with Crippen LogP contribution in [0.15, 0.2) is 103 Å². The van der Waals surface area contributed by atoms with Crippen LogP contribution in [0.1, 0.15) is 16.7 Å². The molecule has 0 aliphatic heterocycles. The molecule has 0 atom stereocenters. The normalized spacial score (nSPS) is 10.9. The van der Waals surface area contributed by atoms with E-state index in [-0.39, 0.29) is 5.57 Å². The second kappa shape index (κ2) is 12.6. The minimum absolute atomic E-state index is 0.0599. The third kappa shape index (κ3) is 7.62. The maximum absolute atomic E-state index is 12.7. The fraction of sp³-hybridized carbons (Fsp3) is 0.0667. The zero-order valence-electron chi connectivity index (χ0n) is 19.7. The number of carbonyl (C=O) groups excluding carboxylic acids is 1. The van der Waals surface area contributed by atoms with Crippen LogP contribution in [0.4, 0.5) is 5.69 Å². The largest absolute Gasteiger partial charge is 0.489 e. The molecule has 0 aliphatic rings. The number of nitriles is 1. The summed E-state index contributed by atoms with van der Waals surface area (Å²) in [5.74, 6) is 0.636. The van der Waals surface area contributed by atoms with Gasteiger partial charge in [0.15, 0.2) is 0 Å². The molecule has 5 nitrogen and oxygen atoms in total. The number of hydrogen-bond acceptors (Lipinski definition) is 4. The van der Waals surface area contributed by atoms with Gasteiger partial charge in [0.05, 0.1) is 5.02 Å². The number of nitrogens with zero attached hydrogens (tertiary/aromatic N) is 1. The van der Waals surface area contributed by atoms with Crippen LogP contribution in [-0.2, 0) is 18.0 Å². The number of anilines is 1. The lowest BCUT2D eigenvalue weighted by Gasteiger charge is -2.10. The number of halogens is 2. The van der Waals surface area contributed by atoms with Crippen LogP contribution in [-0.4, -0.2) is 5.91 Å². The first kappa shape index (κ1) is 25.8. The molecule has 0 aliphatic carbocycles. The Morgan fingerprint density at radius 2 is 1.51 bits per heavy atom. The van der Waals surface area contributed by atoms with Crippen molar-refractivity contribution >= 4 is 40.9 Å². The van der Waals surface area contributed by atoms with Crippen LogP contribution in [0.5, 0.6) is 11.5 Å². The summed E-state index contributed by atoms with van der Waals surface area (Å²) in [5.41, 5.74) is 3.09. The topological polar surface area (TPSA) is 71.3 Å². The van der Waals surface area contributed by atoms with E-state index in [0.717, 1.165) is 11.1 Å². The highest BCUT2D eigenvalue weighted by Gasteiger charge is 2.11. The molecule has 1 N–H and O–H groups in total. The molecule has 0 saturated heterocycles. The van der Waals surface area contributed by atoms with Crippen molar-refractivity contribution in [3.05, 3.63) is 129 Å². The molecular weight excluding hydrogens is 507 g/mol. The average Bonchev–Trinajstić information content (AvgIpc) is 2.92. The second-order valence-corrected chi connectivity index (χ2v) is 8.87. The predicted octanol–water partition coefficient (Wildman–Crippen LogP) is 7.70. The molecule has 4 aromatic carbocycles. The summed E-state index contributed by atoms with van der Waals surface area (Å²) in [6, 6.07) is 31.1. The first-order chi connectivity index (χ1) is 18.0. The van der Waals surface area contributed by atoms with Crippen LogP contribution in [0, 0.1) is 11.3 Å². The molecule has 7 heteroatoms. The first-order valence-corrected chi connectivity index (χ1v) is 12.1. The molecule has 0 bridgehead atoms. The molecule has 0 radical (unpaired) electrons. The Hall–Kier alpha value is -4.24. The molecule has 184 valence electrons. The van der Waals surface area contributed by atoms with Crippen LogP contribution < -0.4 is 14.8 Å². The summed E-state index contributed by atoms with van der Waals surface area (Å²) < 4.78 is 11.5. The lowest BCUT2D eigenvalue weighted by molar-refractivity contribution is -0.112. The molecule has 0 aromatic heterocycles. The molecule has 4 rings (SSSR count). The fourth-order valence-corrected chi connectivity index (χ4v) is 3.72. The Labute approximate surface area is 225 Å². The van der Waals surface area contributed by atoms with Crippen molar-refractivity contribution in [3.8, 4) is 17.6 Å². The number of rotatable bonds is 9. The number of nitrogens with one attached hydrogen (secondary N) is 1. The van der Waals surface area contributed by atoms with Gasteiger partial charge in [0, 0.05) is 10.7 Å². The predicted molar refractivity (Wildman–Crippen MR) is 147 cm³/mol. The van der Waals surface area contributed by atoms with Gasteiger partial charge in [-0.05, 0) is 71.3 Å². The number of ether oxygens (including phenoxy) is 2. The van der Waals surface area contributed by atoms with Crippen molar-refractivity contribution in [2.45, 2.75) is 13.2 Å². The summed E-state index contributed by atoms with van der Waals surface area (Å²) in [6.45, 7) is 0.773. The molecule has 4 aromatic rings. The minimum atomic E-state index is -0.528. The van der Waals surface area contributed by atoms with Gasteiger partial charge < -0.3 is 14.8 Å². The van der Waals surface area contributed by atoms with E-state index < -0.39 is 5.91 Å². The molecule has 0 unspecified atom stereocenters. The lowest BCUT2D eigenvalue weighted by Crippen LogP contribution is -2.13. The highest BCUT2D eigenvalue weighted by Crippen LogP contribution is 2.27. The number of hydrogen-bond donors (Lipinski definition) is 1. The summed E-state index contributed by atoms with van der Waals surface area (Å²) in [7, 11) is 0. The van der Waals surface area contributed by atoms with Gasteiger partial charge in [-0.25, -0.2) is 0 Å². The van der Waals surface area contributed by atoms with Crippen molar-refractivity contribution in [2.24, 2.45) is 0 Å². The van der Waals surface area contributed by atoms with E-state index in [2.05, 4.69) is 5.32 Å². The van der Waals surface area contributed by atoms with Crippen molar-refractivity contribution in [2.75, 3.05) is 5.32 Å². The van der Waals surface area contributed by atoms with Crippen LogP contribution in [0.25, 0.3) is 6.08 Å². The van der Waals surface area contributed by atoms with Gasteiger partial charge in [-0.3, -0.25) is 4.79 Å². The number of carbonyl (C=O) groups is 1. The third-order valence-electron chi connectivity index (χ3n) is 5.30. The number of benzene rings is 4. The minimum Gasteiger partial charge on any atom is -0.489 e. The SMILES string of the molecule is N#C/C(=C\c1ccc(OCc2ccc(Cl)cc2)c(Cl)c1)C(=O)Nc1ccc(OCc2ccccc2)cc1. The van der Waals surface area contributed by atoms with Crippen molar-refractivity contribution < 1.29 is 14.3 Å². The van der Waals surface area contributed by atoms with E-state index in [0.29, 0.717) is 46.0 Å². The van der Waals surface area contributed by atoms with Crippen molar-refractivity contribution in [3.63, 3.8) is 0 Å². The maximum atomic E-state index is 12.7. The van der Waals surface area contributed by atoms with E-state index in [4.69, 9.17) is 32.7 Å². The van der Waals surface area contributed by atoms with E-state index in [1.54, 1.807) is 54.6 Å². The molecule has 0 saturated carbocycles. The summed E-state index contributed by atoms with van der Waals surface area (Å²) in [4.78, 5) is 12.7. The third-order valence-corrected chi connectivity index (χ3v) is 5.85. The van der Waals surface area contributed by atoms with Gasteiger partial charge in [0.1, 0.15) is 36.4 Å². The standard InChI is InChI=1S/C30H22Cl2N2O3/c31-25-9-6-22(7-10-25)20-37-29-15-8-23(17-28(29)32)16-24(18-33)30(35)34-26-11-13-27(14-12-26)36-19-21-4-2-1-3-5-21/h1-17H,19-20H2,(H,34,35)/b24-16+. The highest BCUT2D eigenvalue weighted by atomic mass is 35.5. The van der Waals surface area contributed by atoms with E-state index in [1.165, 1.54) is 6.08 Å². The van der Waals surface area contributed by atoms with E-state index in [9.17, 15) is 10.1 Å². The van der Waals surface area contributed by atoms with Gasteiger partial charge in [-0.2, -0.15) is 5.26 Å². The van der Waals surface area contributed by atoms with Crippen LogP contribution >= 0.6 is 23.2 Å². The second-order valence-electron chi connectivity index (χ2n) is 8.03. The Morgan fingerprint density at radius 3 is 2.19 bits per heavy atom. The van der Waals surface area contributed by atoms with Gasteiger partial charge >= 0.3 is 0 Å². The Kier molecular flexibility index (Phi) is 8.83. The van der Waals surface area contributed by atoms with Gasteiger partial charge in [0.2, 0.25) is 0 Å². The molecule has 37 heavy (non-hydrogen) atoms. The van der Waals surface area contributed by atoms with E-state index >= 15 is 0 Å². The van der Waals surface area contributed by atoms with Crippen molar-refractivity contribution in [1.29, 1.82) is 5.26 Å². The molecule has 0 heterocycles. The van der Waals surface area contributed by atoms with Gasteiger partial charge in [-0.15, -0.1) is 0 Å². The Balaban J connectivity index is 1.35. The van der Waals surface area contributed by atoms with Gasteiger partial charge in [0.25, 0.3) is 5.91 Å². The first-order valence-electron chi connectivity index (χ1n) is 11.4. The fourth-order valence-electron chi connectivity index (χ4n) is 3.35. The Morgan fingerprint density at radius 1 is 0.838 bits per heavy atom. The van der Waals surface area contributed by atoms with Crippen LogP contribution in [0.2, 0.25) is 10.0 Å². The maximum Gasteiger partial charge on any atom is 0.266 e. The molecule has 0 fully saturated rings. The Bertz CT molecular complexity index is 1430. The average molecular weight is 529 g/mol. The summed E-state index contributed by atoms with van der Waals surface area (Å²) in [5, 5.41) is 13.3. The quantitative estimate of drug-likeness (QED) is 0.178. The van der Waals surface area contributed by atoms with Crippen molar-refractivity contribution in [1.82, 2.24) is 0 Å². The monoisotopic (exact) mass is 528 g/mol. The zero-order chi connectivity index (χ0) is 26.0. The lowest BCUT2D eigenvalue weighted by atomic mass is 10.1. The van der Waals surface area contributed by atoms with Crippen LogP contribution in [0.3, 0.4) is 0 Å². The highest BCUT2D eigenvalue weighted by molar-refractivity contribution is 6.32.